The van der Waals surface area contributed by atoms with E-state index in [0.29, 0.717) is 8.95 Å². The van der Waals surface area contributed by atoms with E-state index in [1.807, 2.05) is 0 Å². The molecule has 0 unspecified atom stereocenters. The number of benzene rings is 1. The average Bonchev–Trinajstić information content (AvgIpc) is 1.94. The molecule has 0 radical (unpaired) electrons. The van der Waals surface area contributed by atoms with Crippen molar-refractivity contribution in [3.8, 4) is 0 Å². The largest absolute Gasteiger partial charge is 0.417 e. The molecule has 1 aromatic carbocycles. The fourth-order valence-electron chi connectivity index (χ4n) is 0.763. The molecule has 0 heterocycles. The Labute approximate surface area is 95.2 Å². The van der Waals surface area contributed by atoms with Gasteiger partial charge in [0, 0.05) is 13.8 Å². The topological polar surface area (TPSA) is 0 Å². The van der Waals surface area contributed by atoms with Crippen LogP contribution in [0, 0.1) is 0 Å². The first-order valence-corrected chi connectivity index (χ1v) is 5.11. The zero-order chi connectivity index (χ0) is 10.2. The maximum atomic E-state index is 12.3. The molecule has 0 bridgehead atoms. The van der Waals surface area contributed by atoms with Gasteiger partial charge in [0.2, 0.25) is 0 Å². The standard InChI is InChI=1S/C7H3Br2F3S/c8-4-1-3(7(10,11)12)6(13)2-5(4)9/h1-2,13H. The van der Waals surface area contributed by atoms with Crippen molar-refractivity contribution >= 4 is 44.5 Å². The van der Waals surface area contributed by atoms with Crippen molar-refractivity contribution in [3.63, 3.8) is 0 Å². The highest BCUT2D eigenvalue weighted by molar-refractivity contribution is 9.13. The quantitative estimate of drug-likeness (QED) is 0.662. The Morgan fingerprint density at radius 1 is 1.08 bits per heavy atom. The highest BCUT2D eigenvalue weighted by atomic mass is 79.9. The first kappa shape index (κ1) is 11.4. The molecular formula is C7H3Br2F3S. The monoisotopic (exact) mass is 334 g/mol. The molecule has 0 atom stereocenters. The first-order chi connectivity index (χ1) is 5.82. The number of alkyl halides is 3. The Kier molecular flexibility index (Phi) is 3.35. The second-order valence-corrected chi connectivity index (χ2v) is 4.47. The molecule has 1 rings (SSSR count). The molecule has 13 heavy (non-hydrogen) atoms. The molecule has 6 heteroatoms. The SMILES string of the molecule is FC(F)(F)c1cc(Br)c(Br)cc1S. The Morgan fingerprint density at radius 3 is 2.00 bits per heavy atom. The fourth-order valence-corrected chi connectivity index (χ4v) is 1.95. The van der Waals surface area contributed by atoms with Crippen molar-refractivity contribution in [2.24, 2.45) is 0 Å². The van der Waals surface area contributed by atoms with Gasteiger partial charge in [-0.05, 0) is 44.0 Å². The predicted molar refractivity (Wildman–Crippen MR) is 54.1 cm³/mol. The lowest BCUT2D eigenvalue weighted by molar-refractivity contribution is -0.139. The number of hydrogen-bond donors (Lipinski definition) is 1. The lowest BCUT2D eigenvalue weighted by Crippen LogP contribution is -2.06. The Balaban J connectivity index is 3.32. The van der Waals surface area contributed by atoms with Gasteiger partial charge in [0.15, 0.2) is 0 Å². The van der Waals surface area contributed by atoms with Crippen LogP contribution in [0.2, 0.25) is 0 Å². The zero-order valence-corrected chi connectivity index (χ0v) is 10.1. The van der Waals surface area contributed by atoms with Gasteiger partial charge in [0.1, 0.15) is 0 Å². The van der Waals surface area contributed by atoms with Gasteiger partial charge in [-0.3, -0.25) is 0 Å². The summed E-state index contributed by atoms with van der Waals surface area (Å²) in [5.74, 6) is 0. The molecule has 0 saturated heterocycles. The van der Waals surface area contributed by atoms with E-state index in [1.165, 1.54) is 6.07 Å². The molecular weight excluding hydrogens is 333 g/mol. The summed E-state index contributed by atoms with van der Waals surface area (Å²) in [4.78, 5) is -0.0948. The molecule has 0 fully saturated rings. The van der Waals surface area contributed by atoms with E-state index in [4.69, 9.17) is 0 Å². The summed E-state index contributed by atoms with van der Waals surface area (Å²) in [5, 5.41) is 0. The second-order valence-electron chi connectivity index (χ2n) is 2.28. The third-order valence-corrected chi connectivity index (χ3v) is 3.56. The van der Waals surface area contributed by atoms with Gasteiger partial charge in [0.25, 0.3) is 0 Å². The van der Waals surface area contributed by atoms with E-state index >= 15 is 0 Å². The van der Waals surface area contributed by atoms with E-state index in [-0.39, 0.29) is 4.90 Å². The molecule has 0 saturated carbocycles. The Bertz CT molecular complexity index is 335. The van der Waals surface area contributed by atoms with E-state index in [9.17, 15) is 13.2 Å². The summed E-state index contributed by atoms with van der Waals surface area (Å²) in [6.45, 7) is 0. The van der Waals surface area contributed by atoms with Crippen LogP contribution in [0.25, 0.3) is 0 Å². The Morgan fingerprint density at radius 2 is 1.54 bits per heavy atom. The van der Waals surface area contributed by atoms with Gasteiger partial charge < -0.3 is 0 Å². The van der Waals surface area contributed by atoms with Crippen molar-refractivity contribution in [1.29, 1.82) is 0 Å². The van der Waals surface area contributed by atoms with E-state index in [2.05, 4.69) is 44.5 Å². The minimum atomic E-state index is -4.36. The lowest BCUT2D eigenvalue weighted by Gasteiger charge is -2.10. The van der Waals surface area contributed by atoms with Crippen LogP contribution in [-0.4, -0.2) is 0 Å². The van der Waals surface area contributed by atoms with Crippen molar-refractivity contribution in [2.75, 3.05) is 0 Å². The van der Waals surface area contributed by atoms with E-state index < -0.39 is 11.7 Å². The number of halogens is 5. The number of thiol groups is 1. The number of rotatable bonds is 0. The van der Waals surface area contributed by atoms with Gasteiger partial charge in [0.05, 0.1) is 5.56 Å². The molecule has 0 nitrogen and oxygen atoms in total. The van der Waals surface area contributed by atoms with Crippen molar-refractivity contribution in [1.82, 2.24) is 0 Å². The average molecular weight is 336 g/mol. The van der Waals surface area contributed by atoms with Crippen LogP contribution in [-0.2, 0) is 6.18 Å². The van der Waals surface area contributed by atoms with Crippen LogP contribution in [0.3, 0.4) is 0 Å². The van der Waals surface area contributed by atoms with Gasteiger partial charge in [-0.15, -0.1) is 12.6 Å². The van der Waals surface area contributed by atoms with Gasteiger partial charge in [-0.2, -0.15) is 13.2 Å². The molecule has 0 spiro atoms. The summed E-state index contributed by atoms with van der Waals surface area (Å²) in [5.41, 5.74) is -0.745. The molecule has 0 amide bonds. The molecule has 0 N–H and O–H groups in total. The van der Waals surface area contributed by atoms with Crippen molar-refractivity contribution in [2.45, 2.75) is 11.1 Å². The molecule has 0 aliphatic carbocycles. The molecule has 0 aliphatic rings. The van der Waals surface area contributed by atoms with Crippen molar-refractivity contribution < 1.29 is 13.2 Å². The number of hydrogen-bond acceptors (Lipinski definition) is 1. The summed E-state index contributed by atoms with van der Waals surface area (Å²) >= 11 is 9.81. The van der Waals surface area contributed by atoms with E-state index in [0.717, 1.165) is 6.07 Å². The highest BCUT2D eigenvalue weighted by Crippen LogP contribution is 2.38. The fraction of sp³-hybridized carbons (Fsp3) is 0.143. The first-order valence-electron chi connectivity index (χ1n) is 3.07. The maximum Gasteiger partial charge on any atom is 0.417 e. The predicted octanol–water partition coefficient (Wildman–Crippen LogP) is 4.52. The van der Waals surface area contributed by atoms with Crippen LogP contribution in [0.5, 0.6) is 0 Å². The summed E-state index contributed by atoms with van der Waals surface area (Å²) in [6.07, 6.45) is -4.36. The minimum Gasteiger partial charge on any atom is -0.166 e. The van der Waals surface area contributed by atoms with Crippen LogP contribution in [0.15, 0.2) is 26.0 Å². The summed E-state index contributed by atoms with van der Waals surface area (Å²) in [7, 11) is 0. The maximum absolute atomic E-state index is 12.3. The van der Waals surface area contributed by atoms with Crippen LogP contribution in [0.1, 0.15) is 5.56 Å². The molecule has 72 valence electrons. The zero-order valence-electron chi connectivity index (χ0n) is 5.99. The highest BCUT2D eigenvalue weighted by Gasteiger charge is 2.33. The molecule has 1 aromatic rings. The smallest absolute Gasteiger partial charge is 0.166 e. The van der Waals surface area contributed by atoms with Gasteiger partial charge >= 0.3 is 6.18 Å². The van der Waals surface area contributed by atoms with Gasteiger partial charge in [-0.1, -0.05) is 0 Å². The summed E-state index contributed by atoms with van der Waals surface area (Å²) in [6, 6.07) is 2.29. The van der Waals surface area contributed by atoms with Gasteiger partial charge in [-0.25, -0.2) is 0 Å². The minimum absolute atomic E-state index is 0.0948. The third kappa shape index (κ3) is 2.63. The van der Waals surface area contributed by atoms with Crippen LogP contribution >= 0.6 is 44.5 Å². The normalized spacial score (nSPS) is 11.8. The van der Waals surface area contributed by atoms with Crippen molar-refractivity contribution in [3.05, 3.63) is 26.6 Å². The third-order valence-electron chi connectivity index (χ3n) is 1.34. The molecule has 0 aliphatic heterocycles. The Hall–Kier alpha value is 0.320. The lowest BCUT2D eigenvalue weighted by atomic mass is 10.2. The van der Waals surface area contributed by atoms with Crippen LogP contribution in [0.4, 0.5) is 13.2 Å². The second kappa shape index (κ2) is 3.82. The van der Waals surface area contributed by atoms with E-state index in [1.54, 1.807) is 0 Å². The molecule has 0 aromatic heterocycles. The van der Waals surface area contributed by atoms with Crippen LogP contribution < -0.4 is 0 Å². The summed E-state index contributed by atoms with van der Waals surface area (Å²) < 4.78 is 37.7.